The molecule has 0 aliphatic carbocycles. The van der Waals surface area contributed by atoms with Gasteiger partial charge in [0.1, 0.15) is 6.10 Å². The van der Waals surface area contributed by atoms with Gasteiger partial charge < -0.3 is 18.9 Å². The summed E-state index contributed by atoms with van der Waals surface area (Å²) in [5, 5.41) is 0. The van der Waals surface area contributed by atoms with Gasteiger partial charge in [-0.15, -0.1) is 0 Å². The van der Waals surface area contributed by atoms with Crippen LogP contribution in [0.4, 0.5) is 0 Å². The van der Waals surface area contributed by atoms with Gasteiger partial charge in [-0.05, 0) is 6.92 Å². The van der Waals surface area contributed by atoms with Crippen molar-refractivity contribution in [2.75, 3.05) is 21.3 Å². The predicted molar refractivity (Wildman–Crippen MR) is 61.9 cm³/mol. The normalized spacial score (nSPS) is 11.6. The van der Waals surface area contributed by atoms with Gasteiger partial charge in [-0.3, -0.25) is 4.79 Å². The highest BCUT2D eigenvalue weighted by atomic mass is 16.5. The van der Waals surface area contributed by atoms with E-state index in [9.17, 15) is 4.79 Å². The first-order valence-electron chi connectivity index (χ1n) is 5.29. The van der Waals surface area contributed by atoms with E-state index in [0.717, 1.165) is 0 Å². The fraction of sp³-hybridized carbons (Fsp3) is 0.545. The Morgan fingerprint density at radius 1 is 1.22 bits per heavy atom. The lowest BCUT2D eigenvalue weighted by atomic mass is 10.3. The van der Waals surface area contributed by atoms with Crippen LogP contribution in [0.3, 0.4) is 0 Å². The summed E-state index contributed by atoms with van der Waals surface area (Å²) in [7, 11) is 4.27. The van der Waals surface area contributed by atoms with Gasteiger partial charge >= 0.3 is 12.0 Å². The Morgan fingerprint density at radius 3 is 2.22 bits per heavy atom. The van der Waals surface area contributed by atoms with Gasteiger partial charge in [0.15, 0.2) is 0 Å². The summed E-state index contributed by atoms with van der Waals surface area (Å²) < 4.78 is 19.9. The highest BCUT2D eigenvalue weighted by Crippen LogP contribution is 2.19. The van der Waals surface area contributed by atoms with Gasteiger partial charge in [0.05, 0.1) is 33.8 Å². The van der Waals surface area contributed by atoms with E-state index in [1.807, 2.05) is 0 Å². The van der Waals surface area contributed by atoms with Crippen molar-refractivity contribution in [3.8, 4) is 17.8 Å². The third kappa shape index (κ3) is 4.08. The van der Waals surface area contributed by atoms with E-state index in [-0.39, 0.29) is 18.4 Å². The Kier molecular flexibility index (Phi) is 5.16. The largest absolute Gasteiger partial charge is 0.481 e. The number of methoxy groups -OCH3 is 3. The van der Waals surface area contributed by atoms with Gasteiger partial charge in [-0.1, -0.05) is 0 Å². The quantitative estimate of drug-likeness (QED) is 0.697. The summed E-state index contributed by atoms with van der Waals surface area (Å²) in [6, 6.07) is 1.61. The van der Waals surface area contributed by atoms with E-state index in [1.165, 1.54) is 27.4 Å². The van der Waals surface area contributed by atoms with Crippen molar-refractivity contribution >= 4 is 5.97 Å². The Morgan fingerprint density at radius 2 is 1.78 bits per heavy atom. The molecule has 1 aromatic heterocycles. The van der Waals surface area contributed by atoms with Gasteiger partial charge in [0.25, 0.3) is 0 Å². The second-order valence-electron chi connectivity index (χ2n) is 3.44. The van der Waals surface area contributed by atoms with Crippen molar-refractivity contribution in [2.24, 2.45) is 0 Å². The van der Waals surface area contributed by atoms with Crippen LogP contribution < -0.4 is 14.2 Å². The second kappa shape index (κ2) is 6.63. The van der Waals surface area contributed by atoms with Crippen LogP contribution in [0.15, 0.2) is 6.07 Å². The number of ether oxygens (including phenoxy) is 4. The number of esters is 1. The van der Waals surface area contributed by atoms with Crippen molar-refractivity contribution in [2.45, 2.75) is 19.4 Å². The van der Waals surface area contributed by atoms with E-state index < -0.39 is 6.10 Å². The topological polar surface area (TPSA) is 79.8 Å². The molecule has 0 aliphatic heterocycles. The van der Waals surface area contributed by atoms with Crippen molar-refractivity contribution in [3.63, 3.8) is 0 Å². The minimum Gasteiger partial charge on any atom is -0.481 e. The zero-order valence-electron chi connectivity index (χ0n) is 10.8. The summed E-state index contributed by atoms with van der Waals surface area (Å²) in [6.07, 6.45) is -0.298. The molecule has 7 heteroatoms. The van der Waals surface area contributed by atoms with E-state index in [0.29, 0.717) is 11.8 Å². The summed E-state index contributed by atoms with van der Waals surface area (Å²) in [5.74, 6) is 0.279. The molecule has 100 valence electrons. The lowest BCUT2D eigenvalue weighted by Crippen LogP contribution is -2.19. The zero-order valence-corrected chi connectivity index (χ0v) is 10.8. The SMILES string of the molecule is COC(=O)CC(C)Oc1nc(OC)cc(OC)n1. The third-order valence-electron chi connectivity index (χ3n) is 2.07. The van der Waals surface area contributed by atoms with Crippen LogP contribution in [-0.4, -0.2) is 43.4 Å². The predicted octanol–water partition coefficient (Wildman–Crippen LogP) is 0.824. The molecule has 1 atom stereocenters. The van der Waals surface area contributed by atoms with Crippen molar-refractivity contribution in [1.29, 1.82) is 0 Å². The van der Waals surface area contributed by atoms with Gasteiger partial charge in [0, 0.05) is 0 Å². The maximum Gasteiger partial charge on any atom is 0.323 e. The maximum absolute atomic E-state index is 11.1. The Bertz CT molecular complexity index is 388. The zero-order chi connectivity index (χ0) is 13.5. The molecule has 0 aliphatic rings. The average Bonchev–Trinajstić information content (AvgIpc) is 2.37. The summed E-state index contributed by atoms with van der Waals surface area (Å²) in [6.45, 7) is 1.71. The molecule has 1 aromatic rings. The Labute approximate surface area is 105 Å². The number of carbonyl (C=O) groups excluding carboxylic acids is 1. The van der Waals surface area contributed by atoms with Crippen LogP contribution in [-0.2, 0) is 9.53 Å². The summed E-state index contributed by atoms with van der Waals surface area (Å²) in [4.78, 5) is 19.0. The van der Waals surface area contributed by atoms with Crippen molar-refractivity contribution in [1.82, 2.24) is 9.97 Å². The number of aromatic nitrogens is 2. The minimum atomic E-state index is -0.408. The van der Waals surface area contributed by atoms with E-state index >= 15 is 0 Å². The van der Waals surface area contributed by atoms with E-state index in [2.05, 4.69) is 14.7 Å². The molecule has 18 heavy (non-hydrogen) atoms. The molecule has 0 spiro atoms. The van der Waals surface area contributed by atoms with Crippen LogP contribution in [0.1, 0.15) is 13.3 Å². The Hall–Kier alpha value is -2.05. The first-order valence-corrected chi connectivity index (χ1v) is 5.29. The van der Waals surface area contributed by atoms with Crippen LogP contribution in [0.25, 0.3) is 0 Å². The molecule has 1 unspecified atom stereocenters. The molecule has 0 saturated heterocycles. The van der Waals surface area contributed by atoms with Gasteiger partial charge in [-0.25, -0.2) is 0 Å². The monoisotopic (exact) mass is 256 g/mol. The molecule has 1 heterocycles. The highest BCUT2D eigenvalue weighted by molar-refractivity contribution is 5.69. The first kappa shape index (κ1) is 14.0. The highest BCUT2D eigenvalue weighted by Gasteiger charge is 2.14. The third-order valence-corrected chi connectivity index (χ3v) is 2.07. The fourth-order valence-corrected chi connectivity index (χ4v) is 1.19. The second-order valence-corrected chi connectivity index (χ2v) is 3.44. The van der Waals surface area contributed by atoms with Crippen molar-refractivity contribution < 1.29 is 23.7 Å². The van der Waals surface area contributed by atoms with Crippen molar-refractivity contribution in [3.05, 3.63) is 6.07 Å². The number of carbonyl (C=O) groups is 1. The first-order chi connectivity index (χ1) is 8.58. The standard InChI is InChI=1S/C11H16N2O5/c1-7(5-10(14)17-4)18-11-12-8(15-2)6-9(13-11)16-3/h6-7H,5H2,1-4H3. The number of hydrogen-bond acceptors (Lipinski definition) is 7. The summed E-state index contributed by atoms with van der Waals surface area (Å²) in [5.41, 5.74) is 0. The van der Waals surface area contributed by atoms with Gasteiger partial charge in [-0.2, -0.15) is 9.97 Å². The van der Waals surface area contributed by atoms with Crippen LogP contribution in [0.5, 0.6) is 17.8 Å². The minimum absolute atomic E-state index is 0.0857. The number of rotatable bonds is 6. The fourth-order valence-electron chi connectivity index (χ4n) is 1.19. The molecule has 0 fully saturated rings. The number of nitrogens with zero attached hydrogens (tertiary/aromatic N) is 2. The van der Waals surface area contributed by atoms with E-state index in [1.54, 1.807) is 6.92 Å². The molecule has 0 radical (unpaired) electrons. The molecule has 0 amide bonds. The molecule has 7 nitrogen and oxygen atoms in total. The average molecular weight is 256 g/mol. The molecule has 0 N–H and O–H groups in total. The number of hydrogen-bond donors (Lipinski definition) is 0. The molecular weight excluding hydrogens is 240 g/mol. The molecule has 0 aromatic carbocycles. The molecule has 0 saturated carbocycles. The lowest BCUT2D eigenvalue weighted by molar-refractivity contribution is -0.142. The lowest BCUT2D eigenvalue weighted by Gasteiger charge is -2.12. The maximum atomic E-state index is 11.1. The molecule has 0 bridgehead atoms. The van der Waals surface area contributed by atoms with Crippen LogP contribution >= 0.6 is 0 Å². The van der Waals surface area contributed by atoms with E-state index in [4.69, 9.17) is 14.2 Å². The summed E-state index contributed by atoms with van der Waals surface area (Å²) >= 11 is 0. The smallest absolute Gasteiger partial charge is 0.323 e. The van der Waals surface area contributed by atoms with Gasteiger partial charge in [0.2, 0.25) is 11.8 Å². The molecule has 1 rings (SSSR count). The van der Waals surface area contributed by atoms with Crippen LogP contribution in [0.2, 0.25) is 0 Å². The Balaban J connectivity index is 2.73. The molecular formula is C11H16N2O5. The van der Waals surface area contributed by atoms with Crippen LogP contribution in [0, 0.1) is 0 Å².